The van der Waals surface area contributed by atoms with E-state index >= 15 is 0 Å². The van der Waals surface area contributed by atoms with Gasteiger partial charge in [0.15, 0.2) is 0 Å². The van der Waals surface area contributed by atoms with Crippen molar-refractivity contribution in [2.75, 3.05) is 4.90 Å². The van der Waals surface area contributed by atoms with Gasteiger partial charge in [-0.1, -0.05) is 157 Å². The molecule has 9 aromatic rings. The van der Waals surface area contributed by atoms with Gasteiger partial charge in [0.05, 0.1) is 0 Å². The number of nitrogens with zero attached hydrogens (tertiary/aromatic N) is 1. The molecule has 2 aliphatic rings. The van der Waals surface area contributed by atoms with Gasteiger partial charge in [-0.3, -0.25) is 0 Å². The van der Waals surface area contributed by atoms with Crippen molar-refractivity contribution in [2.45, 2.75) is 47.0 Å². The van der Waals surface area contributed by atoms with Crippen LogP contribution in [0.25, 0.3) is 77.2 Å². The molecule has 0 aliphatic heterocycles. The van der Waals surface area contributed by atoms with Crippen LogP contribution in [0.4, 0.5) is 17.1 Å². The van der Waals surface area contributed by atoms with Crippen LogP contribution in [0.3, 0.4) is 0 Å². The molecule has 1 nitrogen and oxygen atoms in total. The number of aryl methyl sites for hydroxylation is 4. The van der Waals surface area contributed by atoms with E-state index < -0.39 is 0 Å². The number of hydrogen-bond donors (Lipinski definition) is 0. The van der Waals surface area contributed by atoms with Gasteiger partial charge in [-0.25, -0.2) is 0 Å². The first-order valence-corrected chi connectivity index (χ1v) is 20.6. The van der Waals surface area contributed by atoms with Crippen LogP contribution in [0.1, 0.15) is 47.2 Å². The Morgan fingerprint density at radius 2 is 0.845 bits per heavy atom. The second-order valence-corrected chi connectivity index (χ2v) is 17.2. The highest BCUT2D eigenvalue weighted by molar-refractivity contribution is 6.29. The molecule has 0 saturated carbocycles. The van der Waals surface area contributed by atoms with Crippen molar-refractivity contribution < 1.29 is 0 Å². The molecule has 0 heterocycles. The Kier molecular flexibility index (Phi) is 7.53. The summed E-state index contributed by atoms with van der Waals surface area (Å²) in [5.41, 5.74) is 24.5. The summed E-state index contributed by atoms with van der Waals surface area (Å²) in [6.45, 7) is 13.8. The van der Waals surface area contributed by atoms with E-state index in [1.165, 1.54) is 116 Å². The summed E-state index contributed by atoms with van der Waals surface area (Å²) in [5, 5.41) is 5.31. The normalized spacial score (nSPS) is 13.1. The van der Waals surface area contributed by atoms with Crippen LogP contribution in [0.5, 0.6) is 0 Å². The maximum absolute atomic E-state index is 2.59. The lowest BCUT2D eigenvalue weighted by molar-refractivity contribution is 0.661. The van der Waals surface area contributed by atoms with Crippen LogP contribution in [-0.4, -0.2) is 0 Å². The molecule has 9 aromatic carbocycles. The molecule has 0 bridgehead atoms. The minimum atomic E-state index is -0.239. The van der Waals surface area contributed by atoms with Gasteiger partial charge >= 0.3 is 0 Å². The predicted molar refractivity (Wildman–Crippen MR) is 248 cm³/mol. The predicted octanol–water partition coefficient (Wildman–Crippen LogP) is 16.0. The molecule has 0 aromatic heterocycles. The first-order chi connectivity index (χ1) is 28.2. The smallest absolute Gasteiger partial charge is 0.0465 e. The van der Waals surface area contributed by atoms with Crippen molar-refractivity contribution in [1.82, 2.24) is 0 Å². The van der Waals surface area contributed by atoms with Gasteiger partial charge in [-0.05, 0) is 158 Å². The highest BCUT2D eigenvalue weighted by Crippen LogP contribution is 2.62. The molecule has 58 heavy (non-hydrogen) atoms. The third-order valence-electron chi connectivity index (χ3n) is 12.8. The van der Waals surface area contributed by atoms with E-state index in [0.717, 1.165) is 11.4 Å². The fourth-order valence-corrected chi connectivity index (χ4v) is 10.6. The Bertz CT molecular complexity index is 3090. The third kappa shape index (κ3) is 5.02. The Labute approximate surface area is 341 Å². The zero-order chi connectivity index (χ0) is 39.4. The van der Waals surface area contributed by atoms with E-state index in [1.807, 2.05) is 0 Å². The average molecular weight is 744 g/mol. The maximum atomic E-state index is 2.59. The summed E-state index contributed by atoms with van der Waals surface area (Å²) in [4.78, 5) is 2.39. The van der Waals surface area contributed by atoms with E-state index in [1.54, 1.807) is 0 Å². The largest absolute Gasteiger partial charge is 0.310 e. The first kappa shape index (κ1) is 34.5. The first-order valence-electron chi connectivity index (χ1n) is 20.6. The van der Waals surface area contributed by atoms with Crippen molar-refractivity contribution in [1.29, 1.82) is 0 Å². The fraction of sp³-hybridized carbons (Fsp3) is 0.123. The Morgan fingerprint density at radius 1 is 0.345 bits per heavy atom. The van der Waals surface area contributed by atoms with Crippen LogP contribution in [-0.2, 0) is 5.41 Å². The lowest BCUT2D eigenvalue weighted by Crippen LogP contribution is -2.16. The van der Waals surface area contributed by atoms with Crippen LogP contribution < -0.4 is 4.90 Å². The van der Waals surface area contributed by atoms with Crippen LogP contribution >= 0.6 is 0 Å². The molecule has 0 saturated heterocycles. The number of anilines is 3. The summed E-state index contributed by atoms with van der Waals surface area (Å²) in [5.74, 6) is 0. The molecular formula is C57H45N. The van der Waals surface area contributed by atoms with E-state index in [2.05, 4.69) is 210 Å². The highest BCUT2D eigenvalue weighted by atomic mass is 15.1. The summed E-state index contributed by atoms with van der Waals surface area (Å²) >= 11 is 0. The molecule has 0 N–H and O–H groups in total. The number of para-hydroxylation sites is 2. The molecule has 0 atom stereocenters. The number of rotatable bonds is 5. The molecule has 0 fully saturated rings. The number of hydrogen-bond acceptors (Lipinski definition) is 1. The maximum Gasteiger partial charge on any atom is 0.0465 e. The lowest BCUT2D eigenvalue weighted by Gasteiger charge is -2.28. The quantitative estimate of drug-likeness (QED) is 0.170. The van der Waals surface area contributed by atoms with Crippen LogP contribution in [0, 0.1) is 27.7 Å². The number of benzene rings is 9. The molecule has 0 unspecified atom stereocenters. The van der Waals surface area contributed by atoms with Gasteiger partial charge in [0, 0.05) is 22.5 Å². The topological polar surface area (TPSA) is 3.24 Å². The zero-order valence-corrected chi connectivity index (χ0v) is 34.0. The van der Waals surface area contributed by atoms with Crippen LogP contribution in [0.2, 0.25) is 0 Å². The molecule has 2 aliphatic carbocycles. The molecule has 278 valence electrons. The lowest BCUT2D eigenvalue weighted by atomic mass is 9.79. The number of fused-ring (bicyclic) bond motifs is 8. The summed E-state index contributed by atoms with van der Waals surface area (Å²) < 4.78 is 0. The van der Waals surface area contributed by atoms with Crippen molar-refractivity contribution in [3.05, 3.63) is 197 Å². The van der Waals surface area contributed by atoms with Gasteiger partial charge < -0.3 is 4.90 Å². The van der Waals surface area contributed by atoms with Crippen molar-refractivity contribution >= 4 is 38.6 Å². The second kappa shape index (κ2) is 12.7. The third-order valence-corrected chi connectivity index (χ3v) is 12.8. The summed E-state index contributed by atoms with van der Waals surface area (Å²) in [6, 6.07) is 61.6. The van der Waals surface area contributed by atoms with Crippen LogP contribution in [0.15, 0.2) is 164 Å². The molecular weight excluding hydrogens is 699 g/mol. The average Bonchev–Trinajstić information content (AvgIpc) is 3.66. The fourth-order valence-electron chi connectivity index (χ4n) is 10.6. The summed E-state index contributed by atoms with van der Waals surface area (Å²) in [6.07, 6.45) is 0. The van der Waals surface area contributed by atoms with Crippen molar-refractivity contribution in [2.24, 2.45) is 0 Å². The molecule has 1 heteroatoms. The Hall–Kier alpha value is -6.70. The Balaban J connectivity index is 1.22. The van der Waals surface area contributed by atoms with Gasteiger partial charge in [-0.15, -0.1) is 0 Å². The highest BCUT2D eigenvalue weighted by Gasteiger charge is 2.40. The molecule has 11 rings (SSSR count). The van der Waals surface area contributed by atoms with Gasteiger partial charge in [0.2, 0.25) is 0 Å². The molecule has 0 spiro atoms. The molecule has 0 amide bonds. The Morgan fingerprint density at radius 3 is 1.40 bits per heavy atom. The van der Waals surface area contributed by atoms with Crippen molar-refractivity contribution in [3.8, 4) is 55.6 Å². The second-order valence-electron chi connectivity index (χ2n) is 17.2. The minimum Gasteiger partial charge on any atom is -0.310 e. The minimum absolute atomic E-state index is 0.239. The van der Waals surface area contributed by atoms with E-state index in [-0.39, 0.29) is 5.41 Å². The van der Waals surface area contributed by atoms with Gasteiger partial charge in [0.25, 0.3) is 0 Å². The van der Waals surface area contributed by atoms with Crippen molar-refractivity contribution in [3.63, 3.8) is 0 Å². The van der Waals surface area contributed by atoms with E-state index in [0.29, 0.717) is 0 Å². The summed E-state index contributed by atoms with van der Waals surface area (Å²) in [7, 11) is 0. The van der Waals surface area contributed by atoms with Gasteiger partial charge in [0.1, 0.15) is 0 Å². The zero-order valence-electron chi connectivity index (χ0n) is 34.0. The standard InChI is InChI=1S/C57H45N/c1-34-26-35(2)29-38(28-34)51-43-20-13-14-21-44(43)52(39-30-36(3)27-37(4)31-39)56-48-33-50-54(46-22-15-23-47(53(46)48)55(51)56)45-25-24-42(32-49(45)57(50,5)6)58(40-16-9-7-10-17-40)41-18-11-8-12-19-41/h7-33H,1-6H3. The van der Waals surface area contributed by atoms with E-state index in [9.17, 15) is 0 Å². The SMILES string of the molecule is Cc1cc(C)cc(-c2c3c(c(-c4cc(C)cc(C)c4)c4ccccc24)-c2cc4c(c5cccc-3c25)-c2ccc(N(c3ccccc3)c3ccccc3)cc2C4(C)C)c1. The van der Waals surface area contributed by atoms with E-state index in [4.69, 9.17) is 0 Å². The monoisotopic (exact) mass is 743 g/mol. The molecule has 0 radical (unpaired) electrons. The van der Waals surface area contributed by atoms with Gasteiger partial charge in [-0.2, -0.15) is 0 Å².